The SMILES string of the molecule is COC(=O)Nc1cc(C(F)(F)F)c(-c2nn3cc(C(=O)OC)cc3c(=O)[nH]2)cn1. The van der Waals surface area contributed by atoms with E-state index in [0.717, 1.165) is 31.1 Å². The number of pyridine rings is 1. The van der Waals surface area contributed by atoms with E-state index in [2.05, 4.69) is 24.5 Å². The second kappa shape index (κ2) is 7.26. The van der Waals surface area contributed by atoms with Gasteiger partial charge in [0.15, 0.2) is 5.82 Å². The fourth-order valence-electron chi connectivity index (χ4n) is 2.46. The minimum Gasteiger partial charge on any atom is -0.465 e. The lowest BCUT2D eigenvalue weighted by Gasteiger charge is -2.13. The fraction of sp³-hybridized carbons (Fsp3) is 0.188. The number of methoxy groups -OCH3 is 2. The molecule has 0 saturated carbocycles. The minimum absolute atomic E-state index is 0.00514. The van der Waals surface area contributed by atoms with Crippen LogP contribution in [0.3, 0.4) is 0 Å². The number of nitrogens with one attached hydrogen (secondary N) is 2. The molecule has 3 rings (SSSR count). The third-order valence-corrected chi connectivity index (χ3v) is 3.77. The van der Waals surface area contributed by atoms with Crippen LogP contribution in [0.1, 0.15) is 15.9 Å². The van der Waals surface area contributed by atoms with Gasteiger partial charge in [0.1, 0.15) is 11.3 Å². The first-order valence-corrected chi connectivity index (χ1v) is 7.77. The number of fused-ring (bicyclic) bond motifs is 1. The van der Waals surface area contributed by atoms with Crippen LogP contribution >= 0.6 is 0 Å². The molecule has 0 aliphatic heterocycles. The van der Waals surface area contributed by atoms with E-state index < -0.39 is 46.6 Å². The summed E-state index contributed by atoms with van der Waals surface area (Å²) in [5.41, 5.74) is -2.61. The van der Waals surface area contributed by atoms with Crippen molar-refractivity contribution in [3.05, 3.63) is 46.0 Å². The van der Waals surface area contributed by atoms with E-state index in [-0.39, 0.29) is 11.1 Å². The number of carbonyl (C=O) groups is 2. The van der Waals surface area contributed by atoms with Gasteiger partial charge in [-0.05, 0) is 12.1 Å². The van der Waals surface area contributed by atoms with E-state index in [9.17, 15) is 27.6 Å². The normalized spacial score (nSPS) is 11.3. The molecule has 0 atom stereocenters. The molecule has 29 heavy (non-hydrogen) atoms. The molecule has 3 heterocycles. The van der Waals surface area contributed by atoms with Gasteiger partial charge in [0.25, 0.3) is 5.56 Å². The molecule has 0 saturated heterocycles. The summed E-state index contributed by atoms with van der Waals surface area (Å²) in [6.45, 7) is 0. The van der Waals surface area contributed by atoms with Gasteiger partial charge in [-0.15, -0.1) is 5.10 Å². The number of hydrogen-bond acceptors (Lipinski definition) is 7. The number of anilines is 1. The molecular weight excluding hydrogens is 399 g/mol. The third-order valence-electron chi connectivity index (χ3n) is 3.77. The third kappa shape index (κ3) is 3.88. The standard InChI is InChI=1S/C16H12F3N5O5/c1-28-14(26)7-3-10-13(25)22-12(23-24(10)6-7)8-5-20-11(21-15(27)29-2)4-9(8)16(17,18)19/h3-6H,1-2H3,(H,20,21,27)(H,22,23,25). The molecule has 0 aromatic carbocycles. The first-order chi connectivity index (χ1) is 13.6. The Morgan fingerprint density at radius 2 is 1.93 bits per heavy atom. The average Bonchev–Trinajstić information content (AvgIpc) is 3.11. The van der Waals surface area contributed by atoms with Crippen LogP contribution in [0.5, 0.6) is 0 Å². The zero-order valence-electron chi connectivity index (χ0n) is 14.8. The summed E-state index contributed by atoms with van der Waals surface area (Å²) in [6.07, 6.45) is -3.92. The van der Waals surface area contributed by atoms with Crippen LogP contribution in [-0.2, 0) is 15.7 Å². The molecule has 0 spiro atoms. The van der Waals surface area contributed by atoms with Gasteiger partial charge in [0, 0.05) is 18.0 Å². The van der Waals surface area contributed by atoms with Crippen LogP contribution in [-0.4, -0.2) is 45.9 Å². The van der Waals surface area contributed by atoms with Crippen molar-refractivity contribution < 1.29 is 32.2 Å². The summed E-state index contributed by atoms with van der Waals surface area (Å²) < 4.78 is 50.5. The Morgan fingerprint density at radius 1 is 1.21 bits per heavy atom. The predicted octanol–water partition coefficient (Wildman–Crippen LogP) is 2.07. The molecule has 152 valence electrons. The van der Waals surface area contributed by atoms with Gasteiger partial charge in [0.05, 0.1) is 25.3 Å². The van der Waals surface area contributed by atoms with Gasteiger partial charge in [-0.2, -0.15) is 13.2 Å². The number of H-pyrrole nitrogens is 1. The predicted molar refractivity (Wildman–Crippen MR) is 91.4 cm³/mol. The quantitative estimate of drug-likeness (QED) is 0.632. The number of amides is 1. The molecule has 0 fully saturated rings. The van der Waals surface area contributed by atoms with E-state index in [0.29, 0.717) is 6.07 Å². The first kappa shape index (κ1) is 19.9. The number of ether oxygens (including phenoxy) is 2. The van der Waals surface area contributed by atoms with Gasteiger partial charge in [0.2, 0.25) is 0 Å². The highest BCUT2D eigenvalue weighted by Gasteiger charge is 2.35. The molecule has 0 aliphatic rings. The number of rotatable bonds is 3. The minimum atomic E-state index is -4.85. The maximum atomic E-state index is 13.5. The Bertz CT molecular complexity index is 1170. The molecule has 3 aromatic rings. The van der Waals surface area contributed by atoms with Gasteiger partial charge >= 0.3 is 18.2 Å². The zero-order valence-corrected chi connectivity index (χ0v) is 14.8. The summed E-state index contributed by atoms with van der Waals surface area (Å²) >= 11 is 0. The van der Waals surface area contributed by atoms with Crippen molar-refractivity contribution in [2.75, 3.05) is 19.5 Å². The van der Waals surface area contributed by atoms with Crippen LogP contribution in [0.2, 0.25) is 0 Å². The second-order valence-corrected chi connectivity index (χ2v) is 5.58. The summed E-state index contributed by atoms with van der Waals surface area (Å²) in [5.74, 6) is -1.60. The molecular formula is C16H12F3N5O5. The van der Waals surface area contributed by atoms with E-state index >= 15 is 0 Å². The van der Waals surface area contributed by atoms with E-state index in [1.165, 1.54) is 6.07 Å². The van der Waals surface area contributed by atoms with Gasteiger partial charge in [-0.3, -0.25) is 10.1 Å². The molecule has 0 bridgehead atoms. The number of alkyl halides is 3. The Labute approximate surface area is 159 Å². The Kier molecular flexibility index (Phi) is 4.97. The molecule has 1 amide bonds. The Hall–Kier alpha value is -3.90. The van der Waals surface area contributed by atoms with Gasteiger partial charge < -0.3 is 14.5 Å². The first-order valence-electron chi connectivity index (χ1n) is 7.77. The van der Waals surface area contributed by atoms with Crippen LogP contribution in [0, 0.1) is 0 Å². The molecule has 10 nitrogen and oxygen atoms in total. The lowest BCUT2D eigenvalue weighted by atomic mass is 10.1. The van der Waals surface area contributed by atoms with Crippen molar-refractivity contribution in [1.82, 2.24) is 19.6 Å². The average molecular weight is 411 g/mol. The summed E-state index contributed by atoms with van der Waals surface area (Å²) in [6, 6.07) is 1.76. The molecule has 13 heteroatoms. The number of halogens is 3. The maximum absolute atomic E-state index is 13.5. The van der Waals surface area contributed by atoms with Crippen molar-refractivity contribution in [3.63, 3.8) is 0 Å². The van der Waals surface area contributed by atoms with Gasteiger partial charge in [-0.25, -0.2) is 19.1 Å². The molecule has 0 radical (unpaired) electrons. The Morgan fingerprint density at radius 3 is 2.55 bits per heavy atom. The lowest BCUT2D eigenvalue weighted by molar-refractivity contribution is -0.137. The van der Waals surface area contributed by atoms with Crippen molar-refractivity contribution >= 4 is 23.4 Å². The molecule has 3 aromatic heterocycles. The van der Waals surface area contributed by atoms with Crippen LogP contribution in [0.15, 0.2) is 29.3 Å². The topological polar surface area (TPSA) is 128 Å². The molecule has 0 unspecified atom stereocenters. The van der Waals surface area contributed by atoms with Crippen molar-refractivity contribution in [2.24, 2.45) is 0 Å². The number of aromatic amines is 1. The monoisotopic (exact) mass is 411 g/mol. The fourth-order valence-corrected chi connectivity index (χ4v) is 2.46. The lowest BCUT2D eigenvalue weighted by Crippen LogP contribution is -2.17. The van der Waals surface area contributed by atoms with E-state index in [1.807, 2.05) is 5.32 Å². The number of esters is 1. The van der Waals surface area contributed by atoms with Crippen molar-refractivity contribution in [3.8, 4) is 11.4 Å². The number of nitrogens with zero attached hydrogens (tertiary/aromatic N) is 3. The second-order valence-electron chi connectivity index (χ2n) is 5.58. The number of aromatic nitrogens is 4. The van der Waals surface area contributed by atoms with Crippen LogP contribution in [0.4, 0.5) is 23.8 Å². The van der Waals surface area contributed by atoms with Crippen LogP contribution < -0.4 is 10.9 Å². The summed E-state index contributed by atoms with van der Waals surface area (Å²) in [5, 5.41) is 5.95. The van der Waals surface area contributed by atoms with Crippen molar-refractivity contribution in [2.45, 2.75) is 6.18 Å². The Balaban J connectivity index is 2.16. The van der Waals surface area contributed by atoms with Gasteiger partial charge in [-0.1, -0.05) is 0 Å². The molecule has 0 aliphatic carbocycles. The number of carbonyl (C=O) groups excluding carboxylic acids is 2. The van der Waals surface area contributed by atoms with Crippen molar-refractivity contribution in [1.29, 1.82) is 0 Å². The maximum Gasteiger partial charge on any atom is 0.417 e. The highest BCUT2D eigenvalue weighted by Crippen LogP contribution is 2.36. The highest BCUT2D eigenvalue weighted by molar-refractivity contribution is 5.91. The van der Waals surface area contributed by atoms with E-state index in [1.54, 1.807) is 0 Å². The zero-order chi connectivity index (χ0) is 21.3. The highest BCUT2D eigenvalue weighted by atomic mass is 19.4. The number of hydrogen-bond donors (Lipinski definition) is 2. The van der Waals surface area contributed by atoms with E-state index in [4.69, 9.17) is 0 Å². The van der Waals surface area contributed by atoms with Crippen LogP contribution in [0.25, 0.3) is 16.9 Å². The summed E-state index contributed by atoms with van der Waals surface area (Å²) in [4.78, 5) is 41.0. The molecule has 2 N–H and O–H groups in total. The largest absolute Gasteiger partial charge is 0.465 e. The summed E-state index contributed by atoms with van der Waals surface area (Å²) in [7, 11) is 2.18. The smallest absolute Gasteiger partial charge is 0.417 e.